The number of anilines is 1. The van der Waals surface area contributed by atoms with Gasteiger partial charge in [0.2, 0.25) is 11.8 Å². The van der Waals surface area contributed by atoms with Crippen LogP contribution in [0.15, 0.2) is 36.4 Å². The van der Waals surface area contributed by atoms with Crippen LogP contribution in [0.25, 0.3) is 0 Å². The average molecular weight is 309 g/mol. The van der Waals surface area contributed by atoms with E-state index in [9.17, 15) is 14.4 Å². The molecule has 2 bridgehead atoms. The molecule has 6 unspecified atom stereocenters. The maximum atomic E-state index is 12.9. The molecule has 1 saturated heterocycles. The first-order chi connectivity index (χ1) is 11.1. The van der Waals surface area contributed by atoms with Crippen molar-refractivity contribution in [3.8, 4) is 0 Å². The normalized spacial score (nSPS) is 39.4. The van der Waals surface area contributed by atoms with Gasteiger partial charge >= 0.3 is 5.97 Å². The Balaban J connectivity index is 1.57. The van der Waals surface area contributed by atoms with Crippen LogP contribution in [0.1, 0.15) is 16.8 Å². The number of carbonyl (C=O) groups excluding carboxylic acids is 2. The SMILES string of the molecule is O=C(O)c1cccc(N2C(=O)C3C4C=CC(C5CC45)C3C2=O)c1. The number of aromatic carboxylic acids is 1. The van der Waals surface area contributed by atoms with Crippen molar-refractivity contribution in [1.82, 2.24) is 0 Å². The summed E-state index contributed by atoms with van der Waals surface area (Å²) in [6, 6.07) is 6.08. The van der Waals surface area contributed by atoms with Crippen LogP contribution < -0.4 is 4.90 Å². The lowest BCUT2D eigenvalue weighted by Gasteiger charge is -2.37. The summed E-state index contributed by atoms with van der Waals surface area (Å²) in [5.41, 5.74) is 0.462. The third-order valence-electron chi connectivity index (χ3n) is 6.01. The molecule has 3 fully saturated rings. The molecule has 0 radical (unpaired) electrons. The minimum atomic E-state index is -1.06. The summed E-state index contributed by atoms with van der Waals surface area (Å²) >= 11 is 0. The van der Waals surface area contributed by atoms with Gasteiger partial charge < -0.3 is 5.11 Å². The maximum absolute atomic E-state index is 12.9. The summed E-state index contributed by atoms with van der Waals surface area (Å²) < 4.78 is 0. The molecule has 0 aromatic heterocycles. The molecule has 116 valence electrons. The molecule has 6 atom stereocenters. The average Bonchev–Trinajstić information content (AvgIpc) is 3.32. The second-order valence-corrected chi connectivity index (χ2v) is 7.02. The molecular formula is C18H15NO4. The molecule has 2 amide bonds. The van der Waals surface area contributed by atoms with Gasteiger partial charge in [-0.25, -0.2) is 9.69 Å². The first kappa shape index (κ1) is 13.0. The summed E-state index contributed by atoms with van der Waals surface area (Å²) in [5, 5.41) is 9.13. The lowest BCUT2D eigenvalue weighted by atomic mass is 9.63. The van der Waals surface area contributed by atoms with Crippen LogP contribution in [0.3, 0.4) is 0 Å². The number of allylic oxidation sites excluding steroid dienone is 2. The van der Waals surface area contributed by atoms with Gasteiger partial charge in [0.15, 0.2) is 0 Å². The predicted molar refractivity (Wildman–Crippen MR) is 80.6 cm³/mol. The molecule has 0 spiro atoms. The van der Waals surface area contributed by atoms with E-state index in [2.05, 4.69) is 12.2 Å². The molecule has 1 N–H and O–H groups in total. The first-order valence-electron chi connectivity index (χ1n) is 7.97. The van der Waals surface area contributed by atoms with Gasteiger partial charge in [0.1, 0.15) is 0 Å². The van der Waals surface area contributed by atoms with Crippen molar-refractivity contribution in [3.63, 3.8) is 0 Å². The third kappa shape index (κ3) is 1.54. The summed E-state index contributed by atoms with van der Waals surface area (Å²) in [4.78, 5) is 38.2. The maximum Gasteiger partial charge on any atom is 0.335 e. The molecule has 1 heterocycles. The van der Waals surface area contributed by atoms with Gasteiger partial charge in [0.05, 0.1) is 23.1 Å². The molecule has 5 aliphatic rings. The predicted octanol–water partition coefficient (Wildman–Crippen LogP) is 1.94. The highest BCUT2D eigenvalue weighted by molar-refractivity contribution is 6.22. The molecule has 5 nitrogen and oxygen atoms in total. The number of carboxylic acid groups (broad SMARTS) is 1. The van der Waals surface area contributed by atoms with Crippen molar-refractivity contribution in [3.05, 3.63) is 42.0 Å². The van der Waals surface area contributed by atoms with Crippen LogP contribution in [-0.4, -0.2) is 22.9 Å². The highest BCUT2D eigenvalue weighted by Crippen LogP contribution is 2.65. The lowest BCUT2D eigenvalue weighted by Crippen LogP contribution is -2.40. The minimum absolute atomic E-state index is 0.0851. The van der Waals surface area contributed by atoms with E-state index in [1.54, 1.807) is 12.1 Å². The van der Waals surface area contributed by atoms with Gasteiger partial charge in [-0.1, -0.05) is 18.2 Å². The highest BCUT2D eigenvalue weighted by atomic mass is 16.4. The standard InChI is InChI=1S/C18H15NO4/c20-16-14-10-4-5-11(13-7-12(10)13)15(14)17(21)19(16)9-3-1-2-8(6-9)18(22)23/h1-6,10-15H,7H2,(H,22,23). The Bertz CT molecular complexity index is 762. The smallest absolute Gasteiger partial charge is 0.335 e. The number of hydrogen-bond donors (Lipinski definition) is 1. The fourth-order valence-electron chi connectivity index (χ4n) is 4.99. The molecule has 6 rings (SSSR count). The number of hydrogen-bond acceptors (Lipinski definition) is 3. The van der Waals surface area contributed by atoms with E-state index in [1.165, 1.54) is 17.0 Å². The van der Waals surface area contributed by atoms with Gasteiger partial charge in [-0.15, -0.1) is 0 Å². The number of imide groups is 1. The Morgan fingerprint density at radius 2 is 1.65 bits per heavy atom. The quantitative estimate of drug-likeness (QED) is 0.669. The zero-order valence-electron chi connectivity index (χ0n) is 12.3. The summed E-state index contributed by atoms with van der Waals surface area (Å²) in [7, 11) is 0. The number of rotatable bonds is 2. The molecule has 1 aromatic carbocycles. The summed E-state index contributed by atoms with van der Waals surface area (Å²) in [6.07, 6.45) is 5.38. The largest absolute Gasteiger partial charge is 0.478 e. The molecule has 1 aromatic rings. The van der Waals surface area contributed by atoms with Crippen molar-refractivity contribution in [2.45, 2.75) is 6.42 Å². The van der Waals surface area contributed by atoms with E-state index in [0.29, 0.717) is 17.5 Å². The Hall–Kier alpha value is -2.43. The summed E-state index contributed by atoms with van der Waals surface area (Å²) in [6.45, 7) is 0. The minimum Gasteiger partial charge on any atom is -0.478 e. The first-order valence-corrected chi connectivity index (χ1v) is 7.97. The van der Waals surface area contributed by atoms with Gasteiger partial charge in [-0.05, 0) is 48.3 Å². The van der Waals surface area contributed by atoms with Crippen molar-refractivity contribution in [2.24, 2.45) is 35.5 Å². The van der Waals surface area contributed by atoms with Crippen molar-refractivity contribution >= 4 is 23.5 Å². The van der Waals surface area contributed by atoms with Crippen LogP contribution in [0.2, 0.25) is 0 Å². The number of benzene rings is 1. The Morgan fingerprint density at radius 1 is 1.04 bits per heavy atom. The van der Waals surface area contributed by atoms with Gasteiger partial charge in [0, 0.05) is 0 Å². The fourth-order valence-corrected chi connectivity index (χ4v) is 4.99. The summed E-state index contributed by atoms with van der Waals surface area (Å²) in [5.74, 6) is -0.407. The number of amides is 2. The zero-order valence-corrected chi connectivity index (χ0v) is 12.3. The van der Waals surface area contributed by atoms with E-state index in [4.69, 9.17) is 5.11 Å². The van der Waals surface area contributed by atoms with E-state index in [-0.39, 0.29) is 41.0 Å². The van der Waals surface area contributed by atoms with Crippen molar-refractivity contribution < 1.29 is 19.5 Å². The van der Waals surface area contributed by atoms with Crippen LogP contribution in [0, 0.1) is 35.5 Å². The van der Waals surface area contributed by atoms with Gasteiger partial charge in [-0.2, -0.15) is 0 Å². The molecular weight excluding hydrogens is 294 g/mol. The molecule has 4 aliphatic carbocycles. The zero-order chi connectivity index (χ0) is 15.9. The molecule has 23 heavy (non-hydrogen) atoms. The molecule has 2 saturated carbocycles. The number of carboxylic acids is 1. The second kappa shape index (κ2) is 4.10. The van der Waals surface area contributed by atoms with Crippen molar-refractivity contribution in [1.29, 1.82) is 0 Å². The van der Waals surface area contributed by atoms with E-state index in [0.717, 1.165) is 6.42 Å². The van der Waals surface area contributed by atoms with E-state index < -0.39 is 5.97 Å². The number of nitrogens with zero attached hydrogens (tertiary/aromatic N) is 1. The third-order valence-corrected chi connectivity index (χ3v) is 6.01. The molecule has 1 aliphatic heterocycles. The fraction of sp³-hybridized carbons (Fsp3) is 0.389. The Kier molecular flexibility index (Phi) is 2.33. The van der Waals surface area contributed by atoms with Gasteiger partial charge in [0.25, 0.3) is 0 Å². The Labute approximate surface area is 132 Å². The Morgan fingerprint density at radius 3 is 2.22 bits per heavy atom. The monoisotopic (exact) mass is 309 g/mol. The highest BCUT2D eigenvalue weighted by Gasteiger charge is 2.67. The second-order valence-electron chi connectivity index (χ2n) is 7.02. The van der Waals surface area contributed by atoms with E-state index in [1.807, 2.05) is 0 Å². The lowest BCUT2D eigenvalue weighted by molar-refractivity contribution is -0.124. The van der Waals surface area contributed by atoms with Crippen molar-refractivity contribution in [2.75, 3.05) is 4.90 Å². The van der Waals surface area contributed by atoms with Crippen LogP contribution in [-0.2, 0) is 9.59 Å². The number of carbonyl (C=O) groups is 3. The van der Waals surface area contributed by atoms with Crippen LogP contribution in [0.5, 0.6) is 0 Å². The molecule has 5 heteroatoms. The van der Waals surface area contributed by atoms with Gasteiger partial charge in [-0.3, -0.25) is 9.59 Å². The topological polar surface area (TPSA) is 74.7 Å². The van der Waals surface area contributed by atoms with Crippen LogP contribution >= 0.6 is 0 Å². The van der Waals surface area contributed by atoms with Crippen LogP contribution in [0.4, 0.5) is 5.69 Å². The van der Waals surface area contributed by atoms with E-state index >= 15 is 0 Å².